The predicted octanol–water partition coefficient (Wildman–Crippen LogP) is 1.73. The van der Waals surface area contributed by atoms with Crippen molar-refractivity contribution in [1.29, 1.82) is 0 Å². The van der Waals surface area contributed by atoms with Crippen LogP contribution in [0.3, 0.4) is 0 Å². The van der Waals surface area contributed by atoms with Gasteiger partial charge in [-0.3, -0.25) is 9.69 Å². The second-order valence-electron chi connectivity index (χ2n) is 4.88. The van der Waals surface area contributed by atoms with Crippen LogP contribution in [0.2, 0.25) is 0 Å². The van der Waals surface area contributed by atoms with Gasteiger partial charge in [0.1, 0.15) is 5.54 Å². The van der Waals surface area contributed by atoms with Gasteiger partial charge in [-0.05, 0) is 31.7 Å². The third kappa shape index (κ3) is 1.44. The van der Waals surface area contributed by atoms with Gasteiger partial charge in [-0.15, -0.1) is 0 Å². The Morgan fingerprint density at radius 1 is 1.43 bits per heavy atom. The van der Waals surface area contributed by atoms with E-state index >= 15 is 0 Å². The summed E-state index contributed by atoms with van der Waals surface area (Å²) in [5.74, 6) is 0.0796. The van der Waals surface area contributed by atoms with Crippen LogP contribution in [0, 0.1) is 5.92 Å². The van der Waals surface area contributed by atoms with Crippen molar-refractivity contribution in [1.82, 2.24) is 4.90 Å². The zero-order valence-corrected chi connectivity index (χ0v) is 8.83. The molecule has 0 aromatic carbocycles. The van der Waals surface area contributed by atoms with Gasteiger partial charge >= 0.3 is 5.97 Å². The Bertz CT molecular complexity index is 233. The smallest absolute Gasteiger partial charge is 0.324 e. The molecule has 0 aromatic heterocycles. The van der Waals surface area contributed by atoms with E-state index in [9.17, 15) is 9.90 Å². The van der Waals surface area contributed by atoms with E-state index in [1.54, 1.807) is 0 Å². The molecule has 0 aromatic rings. The van der Waals surface area contributed by atoms with Crippen LogP contribution < -0.4 is 0 Å². The van der Waals surface area contributed by atoms with Crippen molar-refractivity contribution in [2.24, 2.45) is 5.92 Å². The van der Waals surface area contributed by atoms with E-state index in [1.165, 1.54) is 0 Å². The zero-order valence-electron chi connectivity index (χ0n) is 8.83. The number of nitrogens with zero attached hydrogens (tertiary/aromatic N) is 1. The highest BCUT2D eigenvalue weighted by Gasteiger charge is 2.47. The van der Waals surface area contributed by atoms with E-state index < -0.39 is 11.5 Å². The van der Waals surface area contributed by atoms with Crippen molar-refractivity contribution in [2.45, 2.75) is 44.6 Å². The summed E-state index contributed by atoms with van der Waals surface area (Å²) >= 11 is 0. The highest BCUT2D eigenvalue weighted by molar-refractivity contribution is 5.79. The maximum atomic E-state index is 11.4. The molecule has 0 radical (unpaired) electrons. The van der Waals surface area contributed by atoms with E-state index in [2.05, 4.69) is 11.8 Å². The first-order valence-electron chi connectivity index (χ1n) is 5.63. The van der Waals surface area contributed by atoms with Gasteiger partial charge in [-0.25, -0.2) is 0 Å². The number of likely N-dealkylation sites (tertiary alicyclic amines) is 1. The fourth-order valence-corrected chi connectivity index (χ4v) is 2.95. The molecule has 0 bridgehead atoms. The second-order valence-corrected chi connectivity index (χ2v) is 4.88. The van der Waals surface area contributed by atoms with Crippen molar-refractivity contribution < 1.29 is 9.90 Å². The van der Waals surface area contributed by atoms with Gasteiger partial charge in [0.25, 0.3) is 0 Å². The molecule has 80 valence electrons. The fraction of sp³-hybridized carbons (Fsp3) is 0.909. The Morgan fingerprint density at radius 2 is 2.07 bits per heavy atom. The van der Waals surface area contributed by atoms with Crippen LogP contribution in [0.4, 0.5) is 0 Å². The molecule has 0 spiro atoms. The molecule has 14 heavy (non-hydrogen) atoms. The molecule has 1 aliphatic carbocycles. The minimum atomic E-state index is -0.593. The summed E-state index contributed by atoms with van der Waals surface area (Å²) in [6, 6.07) is 0. The maximum absolute atomic E-state index is 11.4. The molecule has 1 saturated heterocycles. The molecule has 1 N–H and O–H groups in total. The lowest BCUT2D eigenvalue weighted by molar-refractivity contribution is -0.150. The van der Waals surface area contributed by atoms with Crippen molar-refractivity contribution in [3.63, 3.8) is 0 Å². The highest BCUT2D eigenvalue weighted by atomic mass is 16.4. The minimum Gasteiger partial charge on any atom is -0.480 e. The van der Waals surface area contributed by atoms with Crippen LogP contribution in [0.25, 0.3) is 0 Å². The maximum Gasteiger partial charge on any atom is 0.324 e. The Kier molecular flexibility index (Phi) is 2.52. The first kappa shape index (κ1) is 9.97. The lowest BCUT2D eigenvalue weighted by atomic mass is 9.95. The number of aliphatic carboxylic acids is 1. The van der Waals surface area contributed by atoms with Crippen molar-refractivity contribution in [2.75, 3.05) is 13.1 Å². The highest BCUT2D eigenvalue weighted by Crippen LogP contribution is 2.38. The van der Waals surface area contributed by atoms with Gasteiger partial charge < -0.3 is 5.11 Å². The molecule has 2 rings (SSSR count). The lowest BCUT2D eigenvalue weighted by Gasteiger charge is -2.34. The first-order valence-corrected chi connectivity index (χ1v) is 5.63. The SMILES string of the molecule is CC1CCN(C2(C(=O)O)CCCC2)C1. The molecular weight excluding hydrogens is 178 g/mol. The van der Waals surface area contributed by atoms with Gasteiger partial charge in [0.2, 0.25) is 0 Å². The second kappa shape index (κ2) is 3.54. The summed E-state index contributed by atoms with van der Waals surface area (Å²) in [6.45, 7) is 4.17. The summed E-state index contributed by atoms with van der Waals surface area (Å²) in [6.07, 6.45) is 5.04. The van der Waals surface area contributed by atoms with E-state index in [0.717, 1.165) is 45.2 Å². The fourth-order valence-electron chi connectivity index (χ4n) is 2.95. The summed E-state index contributed by atoms with van der Waals surface area (Å²) in [7, 11) is 0. The number of carboxylic acid groups (broad SMARTS) is 1. The topological polar surface area (TPSA) is 40.5 Å². The van der Waals surface area contributed by atoms with Crippen molar-refractivity contribution in [3.8, 4) is 0 Å². The molecule has 3 heteroatoms. The lowest BCUT2D eigenvalue weighted by Crippen LogP contribution is -2.51. The summed E-state index contributed by atoms with van der Waals surface area (Å²) in [5, 5.41) is 9.37. The molecule has 0 amide bonds. The summed E-state index contributed by atoms with van der Waals surface area (Å²) in [5.41, 5.74) is -0.495. The molecule has 1 aliphatic heterocycles. The summed E-state index contributed by atoms with van der Waals surface area (Å²) in [4.78, 5) is 13.6. The molecular formula is C11H19NO2. The number of hydrogen-bond donors (Lipinski definition) is 1. The Hall–Kier alpha value is -0.570. The normalized spacial score (nSPS) is 32.2. The molecule has 2 aliphatic rings. The zero-order chi connectivity index (χ0) is 10.2. The largest absolute Gasteiger partial charge is 0.480 e. The van der Waals surface area contributed by atoms with Crippen LogP contribution in [-0.2, 0) is 4.79 Å². The van der Waals surface area contributed by atoms with Gasteiger partial charge in [0, 0.05) is 6.54 Å². The van der Waals surface area contributed by atoms with E-state index in [-0.39, 0.29) is 0 Å². The average molecular weight is 197 g/mol. The predicted molar refractivity (Wildman–Crippen MR) is 54.2 cm³/mol. The Labute approximate surface area is 85.1 Å². The standard InChI is InChI=1S/C11H19NO2/c1-9-4-7-12(8-9)11(10(13)14)5-2-3-6-11/h9H,2-8H2,1H3,(H,13,14). The number of hydrogen-bond acceptors (Lipinski definition) is 2. The third-order valence-corrected chi connectivity index (χ3v) is 3.86. The monoisotopic (exact) mass is 197 g/mol. The molecule has 1 heterocycles. The van der Waals surface area contributed by atoms with Gasteiger partial charge in [-0.2, -0.15) is 0 Å². The average Bonchev–Trinajstić information content (AvgIpc) is 2.71. The van der Waals surface area contributed by atoms with E-state index in [0.29, 0.717) is 5.92 Å². The van der Waals surface area contributed by atoms with Crippen molar-refractivity contribution >= 4 is 5.97 Å². The van der Waals surface area contributed by atoms with Crippen LogP contribution in [0.1, 0.15) is 39.0 Å². The molecule has 1 saturated carbocycles. The molecule has 1 unspecified atom stereocenters. The van der Waals surface area contributed by atoms with Crippen LogP contribution in [0.5, 0.6) is 0 Å². The van der Waals surface area contributed by atoms with E-state index in [1.807, 2.05) is 0 Å². The summed E-state index contributed by atoms with van der Waals surface area (Å²) < 4.78 is 0. The van der Waals surface area contributed by atoms with E-state index in [4.69, 9.17) is 0 Å². The number of rotatable bonds is 2. The van der Waals surface area contributed by atoms with Crippen LogP contribution in [-0.4, -0.2) is 34.6 Å². The molecule has 2 fully saturated rings. The van der Waals surface area contributed by atoms with Crippen LogP contribution >= 0.6 is 0 Å². The van der Waals surface area contributed by atoms with Crippen molar-refractivity contribution in [3.05, 3.63) is 0 Å². The minimum absolute atomic E-state index is 0.495. The quantitative estimate of drug-likeness (QED) is 0.733. The molecule has 3 nitrogen and oxygen atoms in total. The Morgan fingerprint density at radius 3 is 2.50 bits per heavy atom. The first-order chi connectivity index (χ1) is 6.65. The molecule has 1 atom stereocenters. The van der Waals surface area contributed by atoms with Gasteiger partial charge in [0.15, 0.2) is 0 Å². The number of carbonyl (C=O) groups is 1. The van der Waals surface area contributed by atoms with Gasteiger partial charge in [-0.1, -0.05) is 19.8 Å². The third-order valence-electron chi connectivity index (χ3n) is 3.86. The van der Waals surface area contributed by atoms with Crippen LogP contribution in [0.15, 0.2) is 0 Å². The number of carboxylic acids is 1. The Balaban J connectivity index is 2.14. The van der Waals surface area contributed by atoms with Gasteiger partial charge in [0.05, 0.1) is 0 Å².